The van der Waals surface area contributed by atoms with Crippen molar-refractivity contribution in [2.24, 2.45) is 5.73 Å². The van der Waals surface area contributed by atoms with Crippen LogP contribution in [-0.4, -0.2) is 16.1 Å². The maximum atomic E-state index is 12.7. The number of nitrogens with two attached hydrogens (primary N) is 1. The van der Waals surface area contributed by atoms with Crippen LogP contribution in [0.25, 0.3) is 0 Å². The highest BCUT2D eigenvalue weighted by atomic mass is 19.4. The lowest BCUT2D eigenvalue weighted by atomic mass is 9.98. The Labute approximate surface area is 104 Å². The van der Waals surface area contributed by atoms with Crippen molar-refractivity contribution in [1.29, 1.82) is 0 Å². The molecular weight excluding hydrogens is 275 g/mol. The Hall–Kier alpha value is -1.77. The minimum Gasteiger partial charge on any atom is -0.481 e. The Kier molecular flexibility index (Phi) is 4.40. The van der Waals surface area contributed by atoms with Gasteiger partial charge in [0.25, 0.3) is 6.43 Å². The first-order valence-corrected chi connectivity index (χ1v) is 4.96. The molecule has 0 fully saturated rings. The van der Waals surface area contributed by atoms with E-state index in [1.165, 1.54) is 0 Å². The van der Waals surface area contributed by atoms with Crippen molar-refractivity contribution >= 4 is 5.97 Å². The second-order valence-electron chi connectivity index (χ2n) is 3.59. The molecule has 4 nitrogen and oxygen atoms in total. The molecule has 0 aliphatic carbocycles. The Morgan fingerprint density at radius 2 is 1.95 bits per heavy atom. The summed E-state index contributed by atoms with van der Waals surface area (Å²) in [6.07, 6.45) is -8.72. The summed E-state index contributed by atoms with van der Waals surface area (Å²) >= 11 is 0. The Bertz CT molecular complexity index is 488. The van der Waals surface area contributed by atoms with Crippen molar-refractivity contribution in [3.05, 3.63) is 28.6 Å². The molecule has 0 saturated carbocycles. The summed E-state index contributed by atoms with van der Waals surface area (Å²) in [5.41, 5.74) is 1.52. The van der Waals surface area contributed by atoms with E-state index < -0.39 is 53.9 Å². The molecule has 0 bridgehead atoms. The number of pyridine rings is 1. The summed E-state index contributed by atoms with van der Waals surface area (Å²) in [5.74, 6) is -1.59. The van der Waals surface area contributed by atoms with Gasteiger partial charge in [0.2, 0.25) is 0 Å². The van der Waals surface area contributed by atoms with Gasteiger partial charge in [0.15, 0.2) is 0 Å². The molecule has 3 N–H and O–H groups in total. The molecule has 0 amide bonds. The van der Waals surface area contributed by atoms with Crippen molar-refractivity contribution < 1.29 is 31.9 Å². The highest BCUT2D eigenvalue weighted by molar-refractivity contribution is 5.71. The van der Waals surface area contributed by atoms with Crippen LogP contribution in [0.5, 0.6) is 0 Å². The number of carbonyl (C=O) groups is 1. The van der Waals surface area contributed by atoms with E-state index in [9.17, 15) is 26.7 Å². The number of rotatable bonds is 4. The number of aliphatic carboxylic acids is 1. The summed E-state index contributed by atoms with van der Waals surface area (Å²) in [5, 5.41) is 8.58. The molecule has 1 rings (SSSR count). The van der Waals surface area contributed by atoms with Crippen LogP contribution in [0.1, 0.15) is 28.8 Å². The first-order chi connectivity index (χ1) is 8.68. The Morgan fingerprint density at radius 1 is 1.37 bits per heavy atom. The monoisotopic (exact) mass is 284 g/mol. The standard InChI is InChI=1S/C10H9F5N2O2/c11-9(12)6-3-17-8(10(13,14)15)4(1-7(18)19)5(6)2-16/h3,9H,1-2,16H2,(H,18,19). The van der Waals surface area contributed by atoms with Crippen molar-refractivity contribution in [2.75, 3.05) is 0 Å². The van der Waals surface area contributed by atoms with Gasteiger partial charge in [-0.2, -0.15) is 13.2 Å². The van der Waals surface area contributed by atoms with Gasteiger partial charge in [0, 0.05) is 18.3 Å². The maximum Gasteiger partial charge on any atom is 0.433 e. The first kappa shape index (κ1) is 15.3. The molecule has 0 spiro atoms. The molecule has 1 aromatic heterocycles. The normalized spacial score (nSPS) is 11.9. The molecule has 0 aliphatic rings. The van der Waals surface area contributed by atoms with Crippen LogP contribution in [0.15, 0.2) is 6.20 Å². The van der Waals surface area contributed by atoms with Crippen LogP contribution < -0.4 is 5.73 Å². The van der Waals surface area contributed by atoms with Gasteiger partial charge >= 0.3 is 12.1 Å². The van der Waals surface area contributed by atoms with Gasteiger partial charge in [0.1, 0.15) is 5.69 Å². The lowest BCUT2D eigenvalue weighted by Crippen LogP contribution is -2.20. The van der Waals surface area contributed by atoms with Gasteiger partial charge in [-0.3, -0.25) is 9.78 Å². The topological polar surface area (TPSA) is 76.2 Å². The largest absolute Gasteiger partial charge is 0.481 e. The van der Waals surface area contributed by atoms with Gasteiger partial charge in [-0.1, -0.05) is 0 Å². The van der Waals surface area contributed by atoms with Gasteiger partial charge in [-0.25, -0.2) is 8.78 Å². The van der Waals surface area contributed by atoms with Crippen molar-refractivity contribution in [3.63, 3.8) is 0 Å². The number of halogens is 5. The summed E-state index contributed by atoms with van der Waals surface area (Å²) in [7, 11) is 0. The maximum absolute atomic E-state index is 12.7. The van der Waals surface area contributed by atoms with Crippen LogP contribution in [0.3, 0.4) is 0 Å². The third-order valence-corrected chi connectivity index (χ3v) is 2.37. The van der Waals surface area contributed by atoms with Crippen LogP contribution in [0, 0.1) is 0 Å². The molecule has 9 heteroatoms. The molecule has 0 aliphatic heterocycles. The number of aromatic nitrogens is 1. The molecule has 0 atom stereocenters. The van der Waals surface area contributed by atoms with E-state index in [-0.39, 0.29) is 0 Å². The van der Waals surface area contributed by atoms with Crippen LogP contribution in [-0.2, 0) is 23.9 Å². The van der Waals surface area contributed by atoms with Crippen molar-refractivity contribution in [2.45, 2.75) is 25.6 Å². The summed E-state index contributed by atoms with van der Waals surface area (Å²) in [6, 6.07) is 0. The van der Waals surface area contributed by atoms with Crippen LogP contribution in [0.4, 0.5) is 22.0 Å². The quantitative estimate of drug-likeness (QED) is 0.830. The van der Waals surface area contributed by atoms with E-state index >= 15 is 0 Å². The highest BCUT2D eigenvalue weighted by Gasteiger charge is 2.37. The number of nitrogens with zero attached hydrogens (tertiary/aromatic N) is 1. The summed E-state index contributed by atoms with van der Waals surface area (Å²) in [4.78, 5) is 13.5. The third-order valence-electron chi connectivity index (χ3n) is 2.37. The summed E-state index contributed by atoms with van der Waals surface area (Å²) in [6.45, 7) is -0.631. The predicted octanol–water partition coefficient (Wildman–Crippen LogP) is 2.12. The molecule has 19 heavy (non-hydrogen) atoms. The van der Waals surface area contributed by atoms with E-state index in [0.29, 0.717) is 6.20 Å². The minimum absolute atomic E-state index is 0.376. The molecule has 0 aromatic carbocycles. The highest BCUT2D eigenvalue weighted by Crippen LogP contribution is 2.35. The van der Waals surface area contributed by atoms with Crippen molar-refractivity contribution in [1.82, 2.24) is 4.98 Å². The number of carboxylic acids is 1. The fraction of sp³-hybridized carbons (Fsp3) is 0.400. The molecule has 106 valence electrons. The zero-order chi connectivity index (χ0) is 14.8. The lowest BCUT2D eigenvalue weighted by molar-refractivity contribution is -0.142. The van der Waals surface area contributed by atoms with E-state index in [1.807, 2.05) is 0 Å². The van der Waals surface area contributed by atoms with Gasteiger partial charge in [0.05, 0.1) is 6.42 Å². The molecule has 1 heterocycles. The summed E-state index contributed by atoms with van der Waals surface area (Å²) < 4.78 is 63.3. The second kappa shape index (κ2) is 5.47. The fourth-order valence-corrected chi connectivity index (χ4v) is 1.62. The number of hydrogen-bond acceptors (Lipinski definition) is 3. The van der Waals surface area contributed by atoms with Crippen LogP contribution >= 0.6 is 0 Å². The van der Waals surface area contributed by atoms with Gasteiger partial charge in [-0.05, 0) is 11.1 Å². The average molecular weight is 284 g/mol. The van der Waals surface area contributed by atoms with E-state index in [4.69, 9.17) is 10.8 Å². The number of alkyl halides is 5. The van der Waals surface area contributed by atoms with Crippen molar-refractivity contribution in [3.8, 4) is 0 Å². The Morgan fingerprint density at radius 3 is 2.32 bits per heavy atom. The molecule has 0 saturated heterocycles. The second-order valence-corrected chi connectivity index (χ2v) is 3.59. The minimum atomic E-state index is -4.94. The smallest absolute Gasteiger partial charge is 0.433 e. The first-order valence-electron chi connectivity index (χ1n) is 4.96. The molecule has 1 aromatic rings. The zero-order valence-corrected chi connectivity index (χ0v) is 9.34. The third kappa shape index (κ3) is 3.37. The zero-order valence-electron chi connectivity index (χ0n) is 9.34. The van der Waals surface area contributed by atoms with E-state index in [0.717, 1.165) is 0 Å². The van der Waals surface area contributed by atoms with Gasteiger partial charge in [-0.15, -0.1) is 0 Å². The van der Waals surface area contributed by atoms with E-state index in [2.05, 4.69) is 4.98 Å². The average Bonchev–Trinajstić information content (AvgIpc) is 2.25. The SMILES string of the molecule is NCc1c(C(F)F)cnc(C(F)(F)F)c1CC(=O)O. The fourth-order valence-electron chi connectivity index (χ4n) is 1.62. The van der Waals surface area contributed by atoms with E-state index in [1.54, 1.807) is 0 Å². The molecule has 0 radical (unpaired) electrons. The number of hydrogen-bond donors (Lipinski definition) is 2. The Balaban J connectivity index is 3.55. The van der Waals surface area contributed by atoms with Crippen LogP contribution in [0.2, 0.25) is 0 Å². The number of carboxylic acid groups (broad SMARTS) is 1. The molecular formula is C10H9F5N2O2. The lowest BCUT2D eigenvalue weighted by Gasteiger charge is -2.17. The molecule has 0 unspecified atom stereocenters. The predicted molar refractivity (Wildman–Crippen MR) is 53.4 cm³/mol. The van der Waals surface area contributed by atoms with Gasteiger partial charge < -0.3 is 10.8 Å².